The number of benzene rings is 1. The van der Waals surface area contributed by atoms with Crippen LogP contribution in [-0.2, 0) is 29.5 Å². The zero-order chi connectivity index (χ0) is 31.6. The maximum Gasteiger partial charge on any atom is 0.413 e. The quantitative estimate of drug-likeness (QED) is 0.328. The van der Waals surface area contributed by atoms with Gasteiger partial charge in [-0.1, -0.05) is 32.0 Å². The normalized spacial score (nSPS) is 16.0. The molecule has 3 aromatic rings. The second-order valence-electron chi connectivity index (χ2n) is 13.1. The molecule has 0 saturated carbocycles. The SMILES string of the molecule is Cc1n(C(OC(=O)N(CCNC(=O)OC(C)(C)C)C(C)C)C(C)C)cc[n+]1CC1CCc2c(c3ccccc3n2C)C1=O. The van der Waals surface area contributed by atoms with Crippen molar-refractivity contribution < 1.29 is 28.4 Å². The van der Waals surface area contributed by atoms with Crippen molar-refractivity contribution in [3.05, 3.63) is 53.7 Å². The molecule has 2 aromatic heterocycles. The van der Waals surface area contributed by atoms with Gasteiger partial charge in [-0.3, -0.25) is 4.79 Å². The molecule has 2 heterocycles. The Morgan fingerprint density at radius 3 is 2.51 bits per heavy atom. The van der Waals surface area contributed by atoms with Crippen molar-refractivity contribution in [2.45, 2.75) is 92.6 Å². The Kier molecular flexibility index (Phi) is 9.57. The molecule has 0 fully saturated rings. The first-order valence-corrected chi connectivity index (χ1v) is 15.3. The fourth-order valence-corrected chi connectivity index (χ4v) is 5.89. The number of ketones is 1. The van der Waals surface area contributed by atoms with Gasteiger partial charge in [0.1, 0.15) is 24.5 Å². The van der Waals surface area contributed by atoms with Gasteiger partial charge in [0.25, 0.3) is 5.82 Å². The first kappa shape index (κ1) is 32.1. The molecule has 10 heteroatoms. The third-order valence-electron chi connectivity index (χ3n) is 8.13. The Labute approximate surface area is 254 Å². The molecular formula is C33H48N5O5+. The first-order valence-electron chi connectivity index (χ1n) is 15.3. The number of nitrogens with zero attached hydrogens (tertiary/aromatic N) is 4. The lowest BCUT2D eigenvalue weighted by Crippen LogP contribution is -2.45. The topological polar surface area (TPSA) is 98.7 Å². The van der Waals surface area contributed by atoms with E-state index in [4.69, 9.17) is 9.47 Å². The lowest BCUT2D eigenvalue weighted by molar-refractivity contribution is -0.706. The van der Waals surface area contributed by atoms with Gasteiger partial charge in [-0.05, 0) is 53.5 Å². The van der Waals surface area contributed by atoms with Gasteiger partial charge in [0.15, 0.2) is 5.78 Å². The summed E-state index contributed by atoms with van der Waals surface area (Å²) >= 11 is 0. The molecule has 4 rings (SSSR count). The lowest BCUT2D eigenvalue weighted by atomic mass is 9.85. The first-order chi connectivity index (χ1) is 20.2. The molecular weight excluding hydrogens is 546 g/mol. The number of nitrogens with one attached hydrogen (secondary N) is 1. The minimum absolute atomic E-state index is 0.00745. The van der Waals surface area contributed by atoms with Crippen LogP contribution >= 0.6 is 0 Å². The predicted molar refractivity (Wildman–Crippen MR) is 165 cm³/mol. The molecule has 0 spiro atoms. The van der Waals surface area contributed by atoms with Crippen molar-refractivity contribution in [2.24, 2.45) is 18.9 Å². The summed E-state index contributed by atoms with van der Waals surface area (Å²) in [6.07, 6.45) is 4.02. The van der Waals surface area contributed by atoms with Crippen LogP contribution in [0.4, 0.5) is 9.59 Å². The number of amides is 2. The van der Waals surface area contributed by atoms with Crippen LogP contribution in [0.1, 0.15) is 83.0 Å². The summed E-state index contributed by atoms with van der Waals surface area (Å²) < 4.78 is 17.6. The van der Waals surface area contributed by atoms with Crippen molar-refractivity contribution in [3.63, 3.8) is 0 Å². The molecule has 1 N–H and O–H groups in total. The number of rotatable bonds is 9. The van der Waals surface area contributed by atoms with E-state index in [1.54, 1.807) is 25.7 Å². The Hall–Kier alpha value is -3.82. The Morgan fingerprint density at radius 2 is 1.86 bits per heavy atom. The largest absolute Gasteiger partial charge is 0.444 e. The number of para-hydroxylation sites is 1. The Balaban J connectivity index is 1.45. The van der Waals surface area contributed by atoms with Gasteiger partial charge in [0.05, 0.1) is 5.92 Å². The number of carbonyl (C=O) groups excluding carboxylic acids is 3. The van der Waals surface area contributed by atoms with E-state index in [0.717, 1.165) is 40.8 Å². The number of fused-ring (bicyclic) bond motifs is 3. The van der Waals surface area contributed by atoms with Gasteiger partial charge in [-0.15, -0.1) is 0 Å². The molecule has 2 atom stereocenters. The van der Waals surface area contributed by atoms with E-state index in [2.05, 4.69) is 20.5 Å². The summed E-state index contributed by atoms with van der Waals surface area (Å²) in [4.78, 5) is 40.8. The van der Waals surface area contributed by atoms with Crippen LogP contribution in [0, 0.1) is 18.8 Å². The van der Waals surface area contributed by atoms with E-state index in [1.807, 2.05) is 76.8 Å². The molecule has 1 aliphatic rings. The second-order valence-corrected chi connectivity index (χ2v) is 13.1. The number of hydrogen-bond acceptors (Lipinski definition) is 5. The van der Waals surface area contributed by atoms with Gasteiger partial charge >= 0.3 is 12.2 Å². The zero-order valence-corrected chi connectivity index (χ0v) is 27.1. The van der Waals surface area contributed by atoms with Crippen molar-refractivity contribution >= 4 is 28.9 Å². The molecule has 2 unspecified atom stereocenters. The number of carbonyl (C=O) groups is 3. The molecule has 1 aromatic carbocycles. The highest BCUT2D eigenvalue weighted by atomic mass is 16.6. The number of alkyl carbamates (subject to hydrolysis) is 1. The maximum atomic E-state index is 13.7. The molecule has 0 saturated heterocycles. The smallest absolute Gasteiger partial charge is 0.413 e. The number of aromatic nitrogens is 3. The van der Waals surface area contributed by atoms with Gasteiger partial charge < -0.3 is 24.3 Å². The summed E-state index contributed by atoms with van der Waals surface area (Å²) in [5.74, 6) is 0.960. The predicted octanol–water partition coefficient (Wildman–Crippen LogP) is 5.55. The minimum atomic E-state index is -0.597. The minimum Gasteiger partial charge on any atom is -0.444 e. The van der Waals surface area contributed by atoms with Gasteiger partial charge in [0, 0.05) is 61.2 Å². The average molecular weight is 595 g/mol. The number of aryl methyl sites for hydroxylation is 1. The average Bonchev–Trinajstić information content (AvgIpc) is 3.42. The van der Waals surface area contributed by atoms with E-state index in [1.165, 1.54) is 0 Å². The van der Waals surface area contributed by atoms with Crippen LogP contribution in [-0.4, -0.2) is 56.7 Å². The summed E-state index contributed by atoms with van der Waals surface area (Å²) in [5.41, 5.74) is 2.47. The van der Waals surface area contributed by atoms with Crippen molar-refractivity contribution in [3.8, 4) is 0 Å². The highest BCUT2D eigenvalue weighted by Crippen LogP contribution is 2.34. The molecule has 234 valence electrons. The van der Waals surface area contributed by atoms with Crippen molar-refractivity contribution in [1.82, 2.24) is 19.4 Å². The van der Waals surface area contributed by atoms with Crippen LogP contribution < -0.4 is 9.88 Å². The molecule has 43 heavy (non-hydrogen) atoms. The highest BCUT2D eigenvalue weighted by molar-refractivity contribution is 6.11. The molecule has 0 aliphatic heterocycles. The summed E-state index contributed by atoms with van der Waals surface area (Å²) in [5, 5.41) is 3.74. The fraction of sp³-hybridized carbons (Fsp3) is 0.576. The number of ether oxygens (including phenoxy) is 2. The summed E-state index contributed by atoms with van der Waals surface area (Å²) in [6, 6.07) is 7.98. The maximum absolute atomic E-state index is 13.7. The fourth-order valence-electron chi connectivity index (χ4n) is 5.89. The Bertz CT molecular complexity index is 1480. The Morgan fingerprint density at radius 1 is 1.16 bits per heavy atom. The van der Waals surface area contributed by atoms with E-state index in [-0.39, 0.29) is 36.8 Å². The molecule has 10 nitrogen and oxygen atoms in total. The third-order valence-corrected chi connectivity index (χ3v) is 8.13. The van der Waals surface area contributed by atoms with Gasteiger partial charge in [0.2, 0.25) is 6.23 Å². The molecule has 2 amide bonds. The zero-order valence-electron chi connectivity index (χ0n) is 27.1. The highest BCUT2D eigenvalue weighted by Gasteiger charge is 2.36. The van der Waals surface area contributed by atoms with Gasteiger partial charge in [-0.2, -0.15) is 4.57 Å². The molecule has 1 aliphatic carbocycles. The number of Topliss-reactive ketones (excluding diaryl/α,β-unsaturated/α-hetero) is 1. The second kappa shape index (κ2) is 12.8. The molecule has 0 radical (unpaired) electrons. The monoisotopic (exact) mass is 594 g/mol. The van der Waals surface area contributed by atoms with E-state index >= 15 is 0 Å². The van der Waals surface area contributed by atoms with Crippen LogP contribution in [0.2, 0.25) is 0 Å². The van der Waals surface area contributed by atoms with Gasteiger partial charge in [-0.25, -0.2) is 14.2 Å². The van der Waals surface area contributed by atoms with Crippen LogP contribution in [0.25, 0.3) is 10.9 Å². The van der Waals surface area contributed by atoms with E-state index in [9.17, 15) is 14.4 Å². The lowest BCUT2D eigenvalue weighted by Gasteiger charge is -2.29. The van der Waals surface area contributed by atoms with Crippen molar-refractivity contribution in [2.75, 3.05) is 13.1 Å². The van der Waals surface area contributed by atoms with Crippen LogP contribution in [0.15, 0.2) is 36.7 Å². The summed E-state index contributed by atoms with van der Waals surface area (Å²) in [6.45, 7) is 16.3. The summed E-state index contributed by atoms with van der Waals surface area (Å²) in [7, 11) is 2.04. The number of imidazole rings is 1. The number of hydrogen-bond donors (Lipinski definition) is 1. The third kappa shape index (κ3) is 7.05. The van der Waals surface area contributed by atoms with Crippen molar-refractivity contribution in [1.29, 1.82) is 0 Å². The van der Waals surface area contributed by atoms with Crippen LogP contribution in [0.5, 0.6) is 0 Å². The standard InChI is InChI=1S/C33H47N5O5/c1-21(2)30(42-32(41)37(22(3)4)17-16-34-31(40)43-33(6,7)8)38-19-18-36(23(38)5)20-24-14-15-27-28(29(24)39)25-12-10-11-13-26(25)35(27)9/h10-13,18-19,21-22,24,30H,14-17,20H2,1-9H3/p+1. The van der Waals surface area contributed by atoms with E-state index in [0.29, 0.717) is 6.54 Å². The molecule has 0 bridgehead atoms. The van der Waals surface area contributed by atoms with Crippen LogP contribution in [0.3, 0.4) is 0 Å². The van der Waals surface area contributed by atoms with E-state index < -0.39 is 24.0 Å².